The molecule has 0 saturated carbocycles. The van der Waals surface area contributed by atoms with Crippen LogP contribution < -0.4 is 4.90 Å². The van der Waals surface area contributed by atoms with Gasteiger partial charge in [-0.15, -0.1) is 11.3 Å². The Kier molecular flexibility index (Phi) is 5.74. The van der Waals surface area contributed by atoms with Gasteiger partial charge in [-0.25, -0.2) is 4.98 Å². The van der Waals surface area contributed by atoms with E-state index in [4.69, 9.17) is 9.40 Å². The van der Waals surface area contributed by atoms with E-state index >= 15 is 0 Å². The molecule has 0 bridgehead atoms. The van der Waals surface area contributed by atoms with E-state index < -0.39 is 0 Å². The van der Waals surface area contributed by atoms with Crippen LogP contribution in [-0.4, -0.2) is 4.98 Å². The molecule has 0 N–H and O–H groups in total. The quantitative estimate of drug-likeness (QED) is 0.192. The van der Waals surface area contributed by atoms with Crippen LogP contribution in [0.2, 0.25) is 0 Å². The monoisotopic (exact) mass is 618 g/mol. The third-order valence-electron chi connectivity index (χ3n) is 9.22. The topological polar surface area (TPSA) is 29.3 Å². The summed E-state index contributed by atoms with van der Waals surface area (Å²) in [5, 5.41) is 5.74. The van der Waals surface area contributed by atoms with Crippen molar-refractivity contribution in [3.8, 4) is 43.4 Å². The maximum atomic E-state index is 6.24. The highest BCUT2D eigenvalue weighted by atomic mass is 32.1. The van der Waals surface area contributed by atoms with E-state index in [0.717, 1.165) is 60.8 Å². The lowest BCUT2D eigenvalue weighted by atomic mass is 9.99. The van der Waals surface area contributed by atoms with Crippen LogP contribution in [0.4, 0.5) is 17.1 Å². The van der Waals surface area contributed by atoms with E-state index in [9.17, 15) is 0 Å². The zero-order valence-corrected chi connectivity index (χ0v) is 26.0. The van der Waals surface area contributed by atoms with Gasteiger partial charge in [-0.05, 0) is 58.8 Å². The maximum absolute atomic E-state index is 6.24. The van der Waals surface area contributed by atoms with Gasteiger partial charge in [0.1, 0.15) is 16.2 Å². The van der Waals surface area contributed by atoms with Gasteiger partial charge in [0.15, 0.2) is 0 Å². The lowest BCUT2D eigenvalue weighted by molar-refractivity contribution is 0.669. The number of aromatic nitrogens is 1. The normalized spacial score (nSPS) is 11.8. The van der Waals surface area contributed by atoms with E-state index in [-0.39, 0.29) is 0 Å². The van der Waals surface area contributed by atoms with E-state index in [1.807, 2.05) is 12.1 Å². The molecule has 0 unspecified atom stereocenters. The van der Waals surface area contributed by atoms with Crippen LogP contribution in [0, 0.1) is 0 Å². The maximum Gasteiger partial charge on any atom is 0.135 e. The van der Waals surface area contributed by atoms with Gasteiger partial charge in [0.2, 0.25) is 0 Å². The smallest absolute Gasteiger partial charge is 0.135 e. The summed E-state index contributed by atoms with van der Waals surface area (Å²) in [5.41, 5.74) is 12.0. The summed E-state index contributed by atoms with van der Waals surface area (Å²) in [6.45, 7) is 0. The Morgan fingerprint density at radius 2 is 1.23 bits per heavy atom. The molecule has 7 aromatic carbocycles. The fraction of sp³-hybridized carbons (Fsp3) is 0. The van der Waals surface area contributed by atoms with E-state index in [0.29, 0.717) is 0 Å². The molecule has 2 heterocycles. The summed E-state index contributed by atoms with van der Waals surface area (Å²) in [6, 6.07) is 56.0. The third-order valence-corrected chi connectivity index (χ3v) is 10.4. The standard InChI is InChI=1S/C43H26N2OS/c1-3-12-27(13-4-1)32-17-7-9-20-37(32)45(30-22-23-39-35(25-30)33-18-8-10-21-38(33)46-39)31-24-29-16-11-19-34-40(29)36(26-31)41-42(34)47-43(44-41)28-14-5-2-6-15-28/h1-26H. The number of furan rings is 1. The van der Waals surface area contributed by atoms with Crippen molar-refractivity contribution in [2.75, 3.05) is 4.90 Å². The highest BCUT2D eigenvalue weighted by Crippen LogP contribution is 2.53. The van der Waals surface area contributed by atoms with Crippen molar-refractivity contribution < 1.29 is 4.42 Å². The molecule has 4 heteroatoms. The minimum atomic E-state index is 0.883. The lowest BCUT2D eigenvalue weighted by Gasteiger charge is -2.28. The molecule has 0 atom stereocenters. The van der Waals surface area contributed by atoms with Gasteiger partial charge in [-0.3, -0.25) is 0 Å². The molecule has 0 saturated heterocycles. The van der Waals surface area contributed by atoms with Crippen molar-refractivity contribution in [1.29, 1.82) is 0 Å². The molecule has 47 heavy (non-hydrogen) atoms. The number of hydrogen-bond acceptors (Lipinski definition) is 4. The molecular formula is C43H26N2OS. The van der Waals surface area contributed by atoms with Crippen molar-refractivity contribution in [2.24, 2.45) is 0 Å². The van der Waals surface area contributed by atoms with Crippen molar-refractivity contribution in [1.82, 2.24) is 4.98 Å². The Morgan fingerprint density at radius 1 is 0.511 bits per heavy atom. The van der Waals surface area contributed by atoms with Gasteiger partial charge < -0.3 is 9.32 Å². The molecule has 0 amide bonds. The molecule has 0 spiro atoms. The second-order valence-electron chi connectivity index (χ2n) is 12.0. The van der Waals surface area contributed by atoms with Gasteiger partial charge in [0.05, 0.1) is 16.3 Å². The number of hydrogen-bond donors (Lipinski definition) is 0. The van der Waals surface area contributed by atoms with Crippen molar-refractivity contribution >= 4 is 61.1 Å². The van der Waals surface area contributed by atoms with Crippen LogP contribution in [0.1, 0.15) is 0 Å². The Hall–Kier alpha value is -5.97. The van der Waals surface area contributed by atoms with Gasteiger partial charge >= 0.3 is 0 Å². The van der Waals surface area contributed by atoms with Crippen LogP contribution in [0.3, 0.4) is 0 Å². The summed E-state index contributed by atoms with van der Waals surface area (Å²) in [4.78, 5) is 8.91. The zero-order valence-electron chi connectivity index (χ0n) is 25.2. The molecule has 3 nitrogen and oxygen atoms in total. The molecule has 1 aliphatic rings. The van der Waals surface area contributed by atoms with E-state index in [1.165, 1.54) is 32.3 Å². The molecule has 1 aliphatic carbocycles. The summed E-state index contributed by atoms with van der Waals surface area (Å²) in [5.74, 6) is 0. The summed E-state index contributed by atoms with van der Waals surface area (Å²) >= 11 is 1.78. The summed E-state index contributed by atoms with van der Waals surface area (Å²) in [7, 11) is 0. The number of nitrogens with zero attached hydrogens (tertiary/aromatic N) is 2. The van der Waals surface area contributed by atoms with Crippen molar-refractivity contribution in [3.05, 3.63) is 158 Å². The van der Waals surface area contributed by atoms with Crippen molar-refractivity contribution in [2.45, 2.75) is 0 Å². The number of para-hydroxylation sites is 2. The average molecular weight is 619 g/mol. The van der Waals surface area contributed by atoms with Crippen LogP contribution in [-0.2, 0) is 0 Å². The Morgan fingerprint density at radius 3 is 2.11 bits per heavy atom. The largest absolute Gasteiger partial charge is 0.456 e. The van der Waals surface area contributed by atoms with E-state index in [2.05, 4.69) is 150 Å². The molecule has 0 fully saturated rings. The zero-order chi connectivity index (χ0) is 30.9. The predicted octanol–water partition coefficient (Wildman–Crippen LogP) is 12.6. The molecule has 10 rings (SSSR count). The number of fused-ring (bicyclic) bond motifs is 6. The van der Waals surface area contributed by atoms with Gasteiger partial charge in [0, 0.05) is 44.4 Å². The Labute approximate surface area is 275 Å². The highest BCUT2D eigenvalue weighted by Gasteiger charge is 2.28. The minimum Gasteiger partial charge on any atom is -0.456 e. The van der Waals surface area contributed by atoms with Crippen LogP contribution >= 0.6 is 11.3 Å². The molecule has 9 aromatic rings. The highest BCUT2D eigenvalue weighted by molar-refractivity contribution is 7.19. The number of thiazole rings is 1. The fourth-order valence-corrected chi connectivity index (χ4v) is 8.23. The molecular weight excluding hydrogens is 593 g/mol. The summed E-state index contributed by atoms with van der Waals surface area (Å²) in [6.07, 6.45) is 0. The first kappa shape index (κ1) is 26.3. The van der Waals surface area contributed by atoms with Crippen LogP contribution in [0.15, 0.2) is 162 Å². The Bertz CT molecular complexity index is 2640. The second-order valence-corrected chi connectivity index (χ2v) is 13.0. The van der Waals surface area contributed by atoms with Crippen LogP contribution in [0.5, 0.6) is 0 Å². The van der Waals surface area contributed by atoms with E-state index in [1.54, 1.807) is 11.3 Å². The number of benzene rings is 7. The van der Waals surface area contributed by atoms with Gasteiger partial charge in [-0.2, -0.15) is 0 Å². The number of anilines is 3. The first-order valence-electron chi connectivity index (χ1n) is 15.8. The fourth-order valence-electron chi connectivity index (χ4n) is 7.12. The minimum absolute atomic E-state index is 0.883. The third kappa shape index (κ3) is 4.09. The first-order valence-corrected chi connectivity index (χ1v) is 16.6. The average Bonchev–Trinajstić information content (AvgIpc) is 3.82. The predicted molar refractivity (Wildman–Crippen MR) is 197 cm³/mol. The molecule has 220 valence electrons. The van der Waals surface area contributed by atoms with Gasteiger partial charge in [0.25, 0.3) is 0 Å². The Balaban J connectivity index is 1.24. The second kappa shape index (κ2) is 10.3. The molecule has 0 radical (unpaired) electrons. The SMILES string of the molecule is c1ccc(-c2nc3c(s2)-c2cccc4cc(N(c5ccc6oc7ccccc7c6c5)c5ccccc5-c5ccccc5)cc-3c24)cc1. The lowest BCUT2D eigenvalue weighted by Crippen LogP contribution is -2.11. The first-order chi connectivity index (χ1) is 23.3. The van der Waals surface area contributed by atoms with Crippen LogP contribution in [0.25, 0.3) is 76.1 Å². The van der Waals surface area contributed by atoms with Gasteiger partial charge in [-0.1, -0.05) is 115 Å². The summed E-state index contributed by atoms with van der Waals surface area (Å²) < 4.78 is 6.24. The molecule has 0 aliphatic heterocycles. The number of rotatable bonds is 5. The molecule has 2 aromatic heterocycles. The van der Waals surface area contributed by atoms with Crippen molar-refractivity contribution in [3.63, 3.8) is 0 Å².